The predicted molar refractivity (Wildman–Crippen MR) is 79.0 cm³/mol. The minimum Gasteiger partial charge on any atom is -0.496 e. The average molecular weight is 298 g/mol. The lowest BCUT2D eigenvalue weighted by atomic mass is 10.0. The lowest BCUT2D eigenvalue weighted by Gasteiger charge is -2.27. The normalized spacial score (nSPS) is 20.5. The molecule has 1 heterocycles. The molecular weight excluding hydrogens is 276 g/mol. The Hall–Kier alpha value is -1.11. The number of benzene rings is 1. The smallest absolute Gasteiger partial charge is 0.281 e. The standard InChI is InChI=1S/C14H22N2O3S/c1-15(2)20(17,18)16-10-6-8-13(16)11-12-7-4-5-9-14(12)19-3/h4-5,7,9,13H,6,8,10-11H2,1-3H3. The molecule has 112 valence electrons. The molecule has 0 bridgehead atoms. The van der Waals surface area contributed by atoms with Gasteiger partial charge in [0.15, 0.2) is 0 Å². The molecule has 1 aliphatic heterocycles. The molecule has 2 rings (SSSR count). The van der Waals surface area contributed by atoms with Gasteiger partial charge in [0.1, 0.15) is 5.75 Å². The van der Waals surface area contributed by atoms with Gasteiger partial charge in [-0.3, -0.25) is 0 Å². The van der Waals surface area contributed by atoms with Crippen LogP contribution in [-0.2, 0) is 16.6 Å². The van der Waals surface area contributed by atoms with Gasteiger partial charge in [-0.1, -0.05) is 18.2 Å². The Morgan fingerprint density at radius 3 is 2.70 bits per heavy atom. The van der Waals surface area contributed by atoms with E-state index in [1.54, 1.807) is 25.5 Å². The molecule has 1 aliphatic rings. The first kappa shape index (κ1) is 15.3. The summed E-state index contributed by atoms with van der Waals surface area (Å²) in [5.41, 5.74) is 1.06. The molecule has 0 aliphatic carbocycles. The van der Waals surface area contributed by atoms with Crippen LogP contribution in [-0.4, -0.2) is 50.8 Å². The predicted octanol–water partition coefficient (Wildman–Crippen LogP) is 1.51. The highest BCUT2D eigenvalue weighted by molar-refractivity contribution is 7.86. The first-order chi connectivity index (χ1) is 9.46. The van der Waals surface area contributed by atoms with E-state index in [1.807, 2.05) is 24.3 Å². The Morgan fingerprint density at radius 2 is 2.05 bits per heavy atom. The van der Waals surface area contributed by atoms with Crippen molar-refractivity contribution in [2.45, 2.75) is 25.3 Å². The first-order valence-electron chi connectivity index (χ1n) is 6.78. The SMILES string of the molecule is COc1ccccc1CC1CCCN1S(=O)(=O)N(C)C. The van der Waals surface area contributed by atoms with E-state index < -0.39 is 10.2 Å². The summed E-state index contributed by atoms with van der Waals surface area (Å²) in [5.74, 6) is 0.821. The van der Waals surface area contributed by atoms with Crippen LogP contribution in [0.3, 0.4) is 0 Å². The lowest BCUT2D eigenvalue weighted by molar-refractivity contribution is 0.349. The van der Waals surface area contributed by atoms with E-state index >= 15 is 0 Å². The largest absolute Gasteiger partial charge is 0.496 e. The van der Waals surface area contributed by atoms with Gasteiger partial charge >= 0.3 is 0 Å². The molecule has 0 aromatic heterocycles. The van der Waals surface area contributed by atoms with Gasteiger partial charge in [0, 0.05) is 26.7 Å². The van der Waals surface area contributed by atoms with Crippen molar-refractivity contribution in [1.29, 1.82) is 0 Å². The minimum absolute atomic E-state index is 0.0127. The van der Waals surface area contributed by atoms with Gasteiger partial charge in [0.2, 0.25) is 0 Å². The fourth-order valence-corrected chi connectivity index (χ4v) is 3.99. The zero-order valence-electron chi connectivity index (χ0n) is 12.2. The molecule has 0 amide bonds. The minimum atomic E-state index is -3.34. The second-order valence-corrected chi connectivity index (χ2v) is 7.31. The number of hydrogen-bond acceptors (Lipinski definition) is 3. The Kier molecular flexibility index (Phi) is 4.67. The molecule has 1 aromatic carbocycles. The van der Waals surface area contributed by atoms with E-state index in [4.69, 9.17) is 4.74 Å². The van der Waals surface area contributed by atoms with Crippen LogP contribution >= 0.6 is 0 Å². The van der Waals surface area contributed by atoms with Crippen LogP contribution < -0.4 is 4.74 Å². The van der Waals surface area contributed by atoms with Crippen LogP contribution in [0.15, 0.2) is 24.3 Å². The van der Waals surface area contributed by atoms with E-state index in [-0.39, 0.29) is 6.04 Å². The molecule has 6 heteroatoms. The molecule has 5 nitrogen and oxygen atoms in total. The Labute approximate surface area is 121 Å². The summed E-state index contributed by atoms with van der Waals surface area (Å²) in [6.45, 7) is 0.598. The van der Waals surface area contributed by atoms with Gasteiger partial charge in [-0.25, -0.2) is 0 Å². The third-order valence-corrected chi connectivity index (χ3v) is 5.73. The van der Waals surface area contributed by atoms with Crippen LogP contribution in [0.2, 0.25) is 0 Å². The molecule has 0 spiro atoms. The van der Waals surface area contributed by atoms with E-state index in [1.165, 1.54) is 4.31 Å². The number of hydrogen-bond donors (Lipinski definition) is 0. The summed E-state index contributed by atoms with van der Waals surface area (Å²) in [7, 11) is 1.46. The van der Waals surface area contributed by atoms with Crippen LogP contribution in [0.4, 0.5) is 0 Å². The van der Waals surface area contributed by atoms with Gasteiger partial charge in [-0.2, -0.15) is 17.0 Å². The Morgan fingerprint density at radius 1 is 1.35 bits per heavy atom. The molecule has 20 heavy (non-hydrogen) atoms. The molecule has 1 saturated heterocycles. The maximum atomic E-state index is 12.3. The molecule has 1 fully saturated rings. The van der Waals surface area contributed by atoms with E-state index in [2.05, 4.69) is 0 Å². The molecule has 1 atom stereocenters. The second kappa shape index (κ2) is 6.11. The Balaban J connectivity index is 2.20. The quantitative estimate of drug-likeness (QED) is 0.828. The summed E-state index contributed by atoms with van der Waals surface area (Å²) < 4.78 is 32.9. The number of methoxy groups -OCH3 is 1. The fraction of sp³-hybridized carbons (Fsp3) is 0.571. The van der Waals surface area contributed by atoms with Gasteiger partial charge in [-0.15, -0.1) is 0 Å². The number of nitrogens with zero attached hydrogens (tertiary/aromatic N) is 2. The van der Waals surface area contributed by atoms with Crippen molar-refractivity contribution in [3.8, 4) is 5.75 Å². The summed E-state index contributed by atoms with van der Waals surface area (Å²) in [4.78, 5) is 0. The topological polar surface area (TPSA) is 49.9 Å². The van der Waals surface area contributed by atoms with Crippen LogP contribution in [0.1, 0.15) is 18.4 Å². The van der Waals surface area contributed by atoms with Crippen molar-refractivity contribution < 1.29 is 13.2 Å². The van der Waals surface area contributed by atoms with E-state index in [9.17, 15) is 8.42 Å². The number of rotatable bonds is 5. The summed E-state index contributed by atoms with van der Waals surface area (Å²) in [5, 5.41) is 0. The third-order valence-electron chi connectivity index (χ3n) is 3.73. The molecule has 1 unspecified atom stereocenters. The average Bonchev–Trinajstić information content (AvgIpc) is 2.88. The fourth-order valence-electron chi connectivity index (χ4n) is 2.65. The maximum absolute atomic E-state index is 12.3. The van der Waals surface area contributed by atoms with Crippen molar-refractivity contribution >= 4 is 10.2 Å². The van der Waals surface area contributed by atoms with Crippen molar-refractivity contribution in [3.63, 3.8) is 0 Å². The maximum Gasteiger partial charge on any atom is 0.281 e. The molecule has 1 aromatic rings. The van der Waals surface area contributed by atoms with Crippen LogP contribution in [0.5, 0.6) is 5.75 Å². The third kappa shape index (κ3) is 2.97. The zero-order valence-corrected chi connectivity index (χ0v) is 13.1. The molecule has 0 N–H and O–H groups in total. The van der Waals surface area contributed by atoms with Crippen molar-refractivity contribution in [1.82, 2.24) is 8.61 Å². The van der Waals surface area contributed by atoms with Gasteiger partial charge in [-0.05, 0) is 30.9 Å². The van der Waals surface area contributed by atoms with Crippen molar-refractivity contribution in [2.24, 2.45) is 0 Å². The summed E-state index contributed by atoms with van der Waals surface area (Å²) >= 11 is 0. The first-order valence-corrected chi connectivity index (χ1v) is 8.17. The highest BCUT2D eigenvalue weighted by atomic mass is 32.2. The lowest BCUT2D eigenvalue weighted by Crippen LogP contribution is -2.43. The number of ether oxygens (including phenoxy) is 1. The monoisotopic (exact) mass is 298 g/mol. The second-order valence-electron chi connectivity index (χ2n) is 5.21. The van der Waals surface area contributed by atoms with Crippen molar-refractivity contribution in [2.75, 3.05) is 27.7 Å². The van der Waals surface area contributed by atoms with Gasteiger partial charge in [0.05, 0.1) is 7.11 Å². The highest BCUT2D eigenvalue weighted by Gasteiger charge is 2.35. The van der Waals surface area contributed by atoms with Crippen LogP contribution in [0.25, 0.3) is 0 Å². The van der Waals surface area contributed by atoms with E-state index in [0.717, 1.165) is 24.2 Å². The molecular formula is C14H22N2O3S. The summed E-state index contributed by atoms with van der Waals surface area (Å²) in [6, 6.07) is 7.80. The zero-order chi connectivity index (χ0) is 14.8. The Bertz CT molecular complexity index is 557. The highest BCUT2D eigenvalue weighted by Crippen LogP contribution is 2.28. The van der Waals surface area contributed by atoms with Crippen LogP contribution in [0, 0.1) is 0 Å². The van der Waals surface area contributed by atoms with E-state index in [0.29, 0.717) is 13.0 Å². The molecule has 0 saturated carbocycles. The van der Waals surface area contributed by atoms with Gasteiger partial charge in [0.25, 0.3) is 10.2 Å². The molecule has 0 radical (unpaired) electrons. The van der Waals surface area contributed by atoms with Gasteiger partial charge < -0.3 is 4.74 Å². The summed E-state index contributed by atoms with van der Waals surface area (Å²) in [6.07, 6.45) is 2.50. The number of para-hydroxylation sites is 1. The van der Waals surface area contributed by atoms with Crippen molar-refractivity contribution in [3.05, 3.63) is 29.8 Å².